The Morgan fingerprint density at radius 2 is 2.32 bits per heavy atom. The Hall–Kier alpha value is -1.82. The number of nitrogens with zero attached hydrogens (tertiary/aromatic N) is 2. The SMILES string of the molecule is Cn1ccnc1C(NN)c1cc2cccc(Cl)c2o1. The maximum absolute atomic E-state index is 6.11. The molecule has 3 aromatic rings. The molecule has 1 atom stereocenters. The fourth-order valence-electron chi connectivity index (χ4n) is 2.13. The number of nitrogens with two attached hydrogens (primary N) is 1. The molecule has 0 saturated heterocycles. The van der Waals surface area contributed by atoms with Gasteiger partial charge in [0, 0.05) is 24.8 Å². The van der Waals surface area contributed by atoms with Gasteiger partial charge >= 0.3 is 0 Å². The molecule has 0 aliphatic carbocycles. The highest BCUT2D eigenvalue weighted by Crippen LogP contribution is 2.31. The summed E-state index contributed by atoms with van der Waals surface area (Å²) in [5.41, 5.74) is 3.38. The number of aromatic nitrogens is 2. The molecular weight excluding hydrogens is 264 g/mol. The fourth-order valence-corrected chi connectivity index (χ4v) is 2.35. The summed E-state index contributed by atoms with van der Waals surface area (Å²) in [5, 5.41) is 1.52. The van der Waals surface area contributed by atoms with E-state index in [-0.39, 0.29) is 6.04 Å². The molecule has 0 radical (unpaired) electrons. The van der Waals surface area contributed by atoms with Crippen molar-refractivity contribution in [1.29, 1.82) is 0 Å². The Morgan fingerprint density at radius 3 is 2.95 bits per heavy atom. The minimum atomic E-state index is -0.316. The van der Waals surface area contributed by atoms with E-state index in [2.05, 4.69) is 10.4 Å². The molecule has 2 aromatic heterocycles. The first kappa shape index (κ1) is 12.2. The number of imidazole rings is 1. The van der Waals surface area contributed by atoms with Crippen molar-refractivity contribution in [3.8, 4) is 0 Å². The van der Waals surface area contributed by atoms with Crippen LogP contribution in [-0.2, 0) is 7.05 Å². The third-order valence-electron chi connectivity index (χ3n) is 3.08. The summed E-state index contributed by atoms with van der Waals surface area (Å²) in [5.74, 6) is 7.08. The summed E-state index contributed by atoms with van der Waals surface area (Å²) in [6.07, 6.45) is 3.57. The van der Waals surface area contributed by atoms with Crippen molar-refractivity contribution >= 4 is 22.6 Å². The van der Waals surface area contributed by atoms with Gasteiger partial charge in [-0.2, -0.15) is 0 Å². The Morgan fingerprint density at radius 1 is 1.47 bits per heavy atom. The molecule has 0 fully saturated rings. The summed E-state index contributed by atoms with van der Waals surface area (Å²) in [6.45, 7) is 0. The van der Waals surface area contributed by atoms with E-state index in [1.54, 1.807) is 12.3 Å². The number of hydrogen-bond acceptors (Lipinski definition) is 4. The number of aryl methyl sites for hydroxylation is 1. The molecule has 3 rings (SSSR count). The number of rotatable bonds is 3. The van der Waals surface area contributed by atoms with Gasteiger partial charge in [0.1, 0.15) is 17.6 Å². The summed E-state index contributed by atoms with van der Waals surface area (Å²) >= 11 is 6.11. The number of halogens is 1. The summed E-state index contributed by atoms with van der Waals surface area (Å²) in [4.78, 5) is 4.28. The topological polar surface area (TPSA) is 69.0 Å². The van der Waals surface area contributed by atoms with Gasteiger partial charge in [-0.25, -0.2) is 10.4 Å². The second kappa shape index (κ2) is 4.70. The van der Waals surface area contributed by atoms with Crippen LogP contribution in [0.2, 0.25) is 5.02 Å². The van der Waals surface area contributed by atoms with E-state index in [0.29, 0.717) is 16.4 Å². The van der Waals surface area contributed by atoms with Crippen molar-refractivity contribution in [2.24, 2.45) is 12.9 Å². The summed E-state index contributed by atoms with van der Waals surface area (Å²) < 4.78 is 7.69. The predicted octanol–water partition coefficient (Wildman–Crippen LogP) is 2.37. The zero-order valence-electron chi connectivity index (χ0n) is 10.3. The van der Waals surface area contributed by atoms with Crippen molar-refractivity contribution in [3.63, 3.8) is 0 Å². The van der Waals surface area contributed by atoms with Crippen LogP contribution in [0.3, 0.4) is 0 Å². The highest BCUT2D eigenvalue weighted by molar-refractivity contribution is 6.34. The van der Waals surface area contributed by atoms with Gasteiger partial charge in [-0.1, -0.05) is 23.7 Å². The van der Waals surface area contributed by atoms with Crippen LogP contribution in [0.5, 0.6) is 0 Å². The van der Waals surface area contributed by atoms with E-state index < -0.39 is 0 Å². The van der Waals surface area contributed by atoms with Gasteiger partial charge < -0.3 is 8.98 Å². The predicted molar refractivity (Wildman–Crippen MR) is 73.6 cm³/mol. The first-order chi connectivity index (χ1) is 9.20. The molecule has 0 bridgehead atoms. The molecule has 0 amide bonds. The summed E-state index contributed by atoms with van der Waals surface area (Å²) in [6, 6.07) is 7.22. The van der Waals surface area contributed by atoms with Crippen molar-refractivity contribution in [2.45, 2.75) is 6.04 Å². The van der Waals surface area contributed by atoms with Gasteiger partial charge in [-0.15, -0.1) is 0 Å². The number of furan rings is 1. The maximum atomic E-state index is 6.11. The molecule has 19 heavy (non-hydrogen) atoms. The number of fused-ring (bicyclic) bond motifs is 1. The Balaban J connectivity index is 2.12. The zero-order chi connectivity index (χ0) is 13.4. The third kappa shape index (κ3) is 2.02. The van der Waals surface area contributed by atoms with E-state index >= 15 is 0 Å². The maximum Gasteiger partial charge on any atom is 0.152 e. The molecule has 0 aliphatic rings. The van der Waals surface area contributed by atoms with Crippen LogP contribution in [-0.4, -0.2) is 9.55 Å². The van der Waals surface area contributed by atoms with Gasteiger partial charge in [-0.3, -0.25) is 5.84 Å². The number of hydrazine groups is 1. The van der Waals surface area contributed by atoms with Crippen LogP contribution in [0, 0.1) is 0 Å². The molecule has 3 N–H and O–H groups in total. The van der Waals surface area contributed by atoms with E-state index in [0.717, 1.165) is 11.2 Å². The molecule has 6 heteroatoms. The second-order valence-electron chi connectivity index (χ2n) is 4.30. The highest BCUT2D eigenvalue weighted by Gasteiger charge is 2.21. The largest absolute Gasteiger partial charge is 0.457 e. The minimum absolute atomic E-state index is 0.316. The lowest BCUT2D eigenvalue weighted by atomic mass is 10.2. The second-order valence-corrected chi connectivity index (χ2v) is 4.71. The van der Waals surface area contributed by atoms with Crippen molar-refractivity contribution < 1.29 is 4.42 Å². The highest BCUT2D eigenvalue weighted by atomic mass is 35.5. The molecule has 1 unspecified atom stereocenters. The molecule has 0 spiro atoms. The normalized spacial score (nSPS) is 13.0. The number of hydrogen-bond donors (Lipinski definition) is 2. The van der Waals surface area contributed by atoms with Crippen LogP contribution < -0.4 is 11.3 Å². The quantitative estimate of drug-likeness (QED) is 0.569. The molecule has 0 saturated carbocycles. The number of benzene rings is 1. The summed E-state index contributed by atoms with van der Waals surface area (Å²) in [7, 11) is 1.91. The van der Waals surface area contributed by atoms with E-state index in [1.807, 2.05) is 36.0 Å². The smallest absolute Gasteiger partial charge is 0.152 e. The van der Waals surface area contributed by atoms with E-state index in [4.69, 9.17) is 21.9 Å². The molecule has 98 valence electrons. The van der Waals surface area contributed by atoms with Crippen LogP contribution in [0.15, 0.2) is 41.1 Å². The van der Waals surface area contributed by atoms with Crippen molar-refractivity contribution in [3.05, 3.63) is 53.3 Å². The number of nitrogens with one attached hydrogen (secondary N) is 1. The molecule has 5 nitrogen and oxygen atoms in total. The van der Waals surface area contributed by atoms with Crippen molar-refractivity contribution in [1.82, 2.24) is 15.0 Å². The average Bonchev–Trinajstić information content (AvgIpc) is 2.99. The Labute approximate surface area is 114 Å². The molecule has 2 heterocycles. The first-order valence-electron chi connectivity index (χ1n) is 5.82. The first-order valence-corrected chi connectivity index (χ1v) is 6.20. The van der Waals surface area contributed by atoms with Gasteiger partial charge in [-0.05, 0) is 12.1 Å². The molecule has 0 aliphatic heterocycles. The van der Waals surface area contributed by atoms with Gasteiger partial charge in [0.2, 0.25) is 0 Å². The van der Waals surface area contributed by atoms with Crippen molar-refractivity contribution in [2.75, 3.05) is 0 Å². The Bertz CT molecular complexity index is 718. The third-order valence-corrected chi connectivity index (χ3v) is 3.38. The monoisotopic (exact) mass is 276 g/mol. The molecule has 1 aromatic carbocycles. The lowest BCUT2D eigenvalue weighted by Gasteiger charge is -2.12. The lowest BCUT2D eigenvalue weighted by molar-refractivity contribution is 0.457. The lowest BCUT2D eigenvalue weighted by Crippen LogP contribution is -2.30. The zero-order valence-corrected chi connectivity index (χ0v) is 11.1. The standard InChI is InChI=1S/C13H13ClN4O/c1-18-6-5-16-13(18)11(17-15)10-7-8-3-2-4-9(14)12(8)19-10/h2-7,11,17H,15H2,1H3. The van der Waals surface area contributed by atoms with Crippen LogP contribution in [0.4, 0.5) is 0 Å². The fraction of sp³-hybridized carbons (Fsp3) is 0.154. The van der Waals surface area contributed by atoms with E-state index in [9.17, 15) is 0 Å². The van der Waals surface area contributed by atoms with Gasteiger partial charge in [0.05, 0.1) is 5.02 Å². The minimum Gasteiger partial charge on any atom is -0.457 e. The van der Waals surface area contributed by atoms with Crippen LogP contribution in [0.1, 0.15) is 17.6 Å². The van der Waals surface area contributed by atoms with Gasteiger partial charge in [0.15, 0.2) is 5.58 Å². The van der Waals surface area contributed by atoms with Crippen LogP contribution in [0.25, 0.3) is 11.0 Å². The van der Waals surface area contributed by atoms with E-state index in [1.165, 1.54) is 0 Å². The van der Waals surface area contributed by atoms with Crippen LogP contribution >= 0.6 is 11.6 Å². The average molecular weight is 277 g/mol. The van der Waals surface area contributed by atoms with Gasteiger partial charge in [0.25, 0.3) is 0 Å². The Kier molecular flexibility index (Phi) is 3.02. The number of para-hydroxylation sites is 1. The molecular formula is C13H13ClN4O.